The second-order valence-electron chi connectivity index (χ2n) is 6.29. The molecular formula is C18H24F2IN5S. The zero-order valence-electron chi connectivity index (χ0n) is 15.3. The number of halogens is 3. The molecule has 1 aromatic carbocycles. The second-order valence-corrected chi connectivity index (χ2v) is 7.60. The molecule has 27 heavy (non-hydrogen) atoms. The van der Waals surface area contributed by atoms with Gasteiger partial charge in [0.05, 0.1) is 10.7 Å². The van der Waals surface area contributed by atoms with Crippen LogP contribution in [0, 0.1) is 18.6 Å². The number of guanidine groups is 1. The van der Waals surface area contributed by atoms with E-state index in [-0.39, 0.29) is 30.0 Å². The molecule has 1 unspecified atom stereocenters. The number of aliphatic imine (C=N–C) groups is 1. The molecule has 1 aliphatic heterocycles. The van der Waals surface area contributed by atoms with Crippen LogP contribution >= 0.6 is 35.3 Å². The third kappa shape index (κ3) is 6.00. The van der Waals surface area contributed by atoms with Crippen LogP contribution in [0.4, 0.5) is 14.5 Å². The molecule has 1 aliphatic rings. The summed E-state index contributed by atoms with van der Waals surface area (Å²) in [6.45, 7) is 4.16. The number of nitrogens with one attached hydrogen (secondary N) is 2. The molecule has 1 fully saturated rings. The predicted molar refractivity (Wildman–Crippen MR) is 117 cm³/mol. The minimum absolute atomic E-state index is 0. The topological polar surface area (TPSA) is 52.6 Å². The van der Waals surface area contributed by atoms with Gasteiger partial charge in [-0.15, -0.1) is 35.3 Å². The van der Waals surface area contributed by atoms with Crippen LogP contribution < -0.4 is 15.5 Å². The van der Waals surface area contributed by atoms with Crippen molar-refractivity contribution in [2.75, 3.05) is 31.6 Å². The van der Waals surface area contributed by atoms with Gasteiger partial charge in [-0.05, 0) is 25.5 Å². The van der Waals surface area contributed by atoms with Gasteiger partial charge in [0.1, 0.15) is 11.6 Å². The van der Waals surface area contributed by atoms with Crippen molar-refractivity contribution >= 4 is 47.0 Å². The molecule has 148 valence electrons. The molecule has 5 nitrogen and oxygen atoms in total. The average molecular weight is 507 g/mol. The average Bonchev–Trinajstić information content (AvgIpc) is 3.23. The summed E-state index contributed by atoms with van der Waals surface area (Å²) in [7, 11) is 1.73. The lowest BCUT2D eigenvalue weighted by Crippen LogP contribution is -2.45. The molecule has 9 heteroatoms. The summed E-state index contributed by atoms with van der Waals surface area (Å²) in [6, 6.07) is 3.88. The van der Waals surface area contributed by atoms with E-state index >= 15 is 0 Å². The Bertz CT molecular complexity index is 783. The van der Waals surface area contributed by atoms with Gasteiger partial charge in [-0.2, -0.15) is 0 Å². The molecule has 0 spiro atoms. The monoisotopic (exact) mass is 507 g/mol. The molecule has 2 aromatic rings. The molecule has 1 atom stereocenters. The Labute approximate surface area is 179 Å². The van der Waals surface area contributed by atoms with E-state index in [1.807, 2.05) is 18.0 Å². The third-order valence-electron chi connectivity index (χ3n) is 4.30. The summed E-state index contributed by atoms with van der Waals surface area (Å²) in [5.74, 6) is -0.350. The van der Waals surface area contributed by atoms with Crippen molar-refractivity contribution in [3.8, 4) is 0 Å². The normalized spacial score (nSPS) is 17.0. The van der Waals surface area contributed by atoms with Gasteiger partial charge in [-0.25, -0.2) is 13.8 Å². The number of nitrogens with zero attached hydrogens (tertiary/aromatic N) is 3. The van der Waals surface area contributed by atoms with Gasteiger partial charge < -0.3 is 15.5 Å². The van der Waals surface area contributed by atoms with Crippen molar-refractivity contribution in [2.45, 2.75) is 25.8 Å². The molecule has 0 bridgehead atoms. The molecule has 2 N–H and O–H groups in total. The second kappa shape index (κ2) is 10.2. The molecule has 0 aliphatic carbocycles. The van der Waals surface area contributed by atoms with Gasteiger partial charge in [0.15, 0.2) is 5.96 Å². The lowest BCUT2D eigenvalue weighted by molar-refractivity contribution is 0.580. The fourth-order valence-electron chi connectivity index (χ4n) is 3.03. The highest BCUT2D eigenvalue weighted by molar-refractivity contribution is 14.0. The molecule has 2 heterocycles. The summed E-state index contributed by atoms with van der Waals surface area (Å²) >= 11 is 1.70. The van der Waals surface area contributed by atoms with Crippen LogP contribution in [0.2, 0.25) is 0 Å². The van der Waals surface area contributed by atoms with Crippen molar-refractivity contribution in [1.82, 2.24) is 15.6 Å². The Morgan fingerprint density at radius 1 is 1.41 bits per heavy atom. The van der Waals surface area contributed by atoms with E-state index < -0.39 is 11.6 Å². The highest BCUT2D eigenvalue weighted by atomic mass is 127. The summed E-state index contributed by atoms with van der Waals surface area (Å²) in [5.41, 5.74) is 0.442. The summed E-state index contributed by atoms with van der Waals surface area (Å²) < 4.78 is 27.0. The quantitative estimate of drug-likeness (QED) is 0.371. The SMILES string of the molecule is CN=C(NCCc1ncc(C)s1)NC1CCN(c2ccc(F)cc2F)C1.I. The number of thiazole rings is 1. The highest BCUT2D eigenvalue weighted by Gasteiger charge is 2.25. The first-order chi connectivity index (χ1) is 12.5. The smallest absolute Gasteiger partial charge is 0.191 e. The first kappa shape index (κ1) is 21.8. The van der Waals surface area contributed by atoms with E-state index in [1.165, 1.54) is 17.0 Å². The van der Waals surface area contributed by atoms with Gasteiger partial charge in [0.2, 0.25) is 0 Å². The Morgan fingerprint density at radius 3 is 2.89 bits per heavy atom. The predicted octanol–water partition coefficient (Wildman–Crippen LogP) is 3.33. The number of rotatable bonds is 5. The number of benzene rings is 1. The lowest BCUT2D eigenvalue weighted by Gasteiger charge is -2.21. The number of hydrogen-bond donors (Lipinski definition) is 2. The van der Waals surface area contributed by atoms with Crippen LogP contribution in [0.3, 0.4) is 0 Å². The van der Waals surface area contributed by atoms with Crippen LogP contribution in [0.25, 0.3) is 0 Å². The number of aryl methyl sites for hydroxylation is 1. The highest BCUT2D eigenvalue weighted by Crippen LogP contribution is 2.24. The van der Waals surface area contributed by atoms with Crippen LogP contribution in [0.15, 0.2) is 29.4 Å². The van der Waals surface area contributed by atoms with Gasteiger partial charge >= 0.3 is 0 Å². The van der Waals surface area contributed by atoms with E-state index in [9.17, 15) is 8.78 Å². The zero-order chi connectivity index (χ0) is 18.5. The zero-order valence-corrected chi connectivity index (χ0v) is 18.5. The summed E-state index contributed by atoms with van der Waals surface area (Å²) in [6.07, 6.45) is 3.59. The van der Waals surface area contributed by atoms with Gasteiger partial charge in [0.25, 0.3) is 0 Å². The Kier molecular flexibility index (Phi) is 8.21. The number of aromatic nitrogens is 1. The lowest BCUT2D eigenvalue weighted by atomic mass is 10.2. The van der Waals surface area contributed by atoms with Gasteiger partial charge in [-0.1, -0.05) is 0 Å². The van der Waals surface area contributed by atoms with Crippen molar-refractivity contribution < 1.29 is 8.78 Å². The summed E-state index contributed by atoms with van der Waals surface area (Å²) in [4.78, 5) is 11.7. The molecule has 3 rings (SSSR count). The van der Waals surface area contributed by atoms with Crippen molar-refractivity contribution in [1.29, 1.82) is 0 Å². The van der Waals surface area contributed by atoms with E-state index in [1.54, 1.807) is 18.4 Å². The van der Waals surface area contributed by atoms with Crippen molar-refractivity contribution in [3.63, 3.8) is 0 Å². The molecule has 1 aromatic heterocycles. The summed E-state index contributed by atoms with van der Waals surface area (Å²) in [5, 5.41) is 7.76. The maximum Gasteiger partial charge on any atom is 0.191 e. The van der Waals surface area contributed by atoms with Crippen molar-refractivity contribution in [2.24, 2.45) is 4.99 Å². The largest absolute Gasteiger partial charge is 0.367 e. The minimum Gasteiger partial charge on any atom is -0.367 e. The van der Waals surface area contributed by atoms with Crippen LogP contribution in [-0.2, 0) is 6.42 Å². The fraction of sp³-hybridized carbons (Fsp3) is 0.444. The molecule has 0 saturated carbocycles. The Morgan fingerprint density at radius 2 is 2.22 bits per heavy atom. The molecule has 1 saturated heterocycles. The minimum atomic E-state index is -0.555. The number of anilines is 1. The Balaban J connectivity index is 0.00000261. The van der Waals surface area contributed by atoms with Crippen molar-refractivity contribution in [3.05, 3.63) is 45.9 Å². The third-order valence-corrected chi connectivity index (χ3v) is 5.28. The Hall–Kier alpha value is -1.49. The maximum atomic E-state index is 13.9. The molecule has 0 radical (unpaired) electrons. The van der Waals surface area contributed by atoms with E-state index in [2.05, 4.69) is 20.6 Å². The maximum absolute atomic E-state index is 13.9. The first-order valence-corrected chi connectivity index (χ1v) is 9.45. The fourth-order valence-corrected chi connectivity index (χ4v) is 3.81. The molecule has 0 amide bonds. The van der Waals surface area contributed by atoms with E-state index in [4.69, 9.17) is 0 Å². The van der Waals surface area contributed by atoms with E-state index in [0.29, 0.717) is 12.2 Å². The van der Waals surface area contributed by atoms with Crippen LogP contribution in [0.1, 0.15) is 16.3 Å². The van der Waals surface area contributed by atoms with Gasteiger partial charge in [-0.3, -0.25) is 4.99 Å². The number of hydrogen-bond acceptors (Lipinski definition) is 4. The van der Waals surface area contributed by atoms with Gasteiger partial charge in [0, 0.05) is 56.3 Å². The molecular weight excluding hydrogens is 483 g/mol. The standard InChI is InChI=1S/C18H23F2N5S.HI/c1-12-10-23-17(26-12)5-7-22-18(21-2)24-14-6-8-25(11-14)16-4-3-13(19)9-15(16)20;/h3-4,9-10,14H,5-8,11H2,1-2H3,(H2,21,22,24);1H. The van der Waals surface area contributed by atoms with Crippen LogP contribution in [-0.4, -0.2) is 43.7 Å². The van der Waals surface area contributed by atoms with E-state index in [0.717, 1.165) is 43.0 Å². The van der Waals surface area contributed by atoms with Crippen LogP contribution in [0.5, 0.6) is 0 Å². The first-order valence-electron chi connectivity index (χ1n) is 8.63.